The third-order valence-electron chi connectivity index (χ3n) is 4.31. The van der Waals surface area contributed by atoms with E-state index in [0.29, 0.717) is 23.4 Å². The van der Waals surface area contributed by atoms with Gasteiger partial charge in [0.2, 0.25) is 0 Å². The van der Waals surface area contributed by atoms with Gasteiger partial charge in [-0.1, -0.05) is 24.3 Å². The van der Waals surface area contributed by atoms with Crippen molar-refractivity contribution in [3.63, 3.8) is 0 Å². The molecule has 6 heteroatoms. The minimum Gasteiger partial charge on any atom is -0.348 e. The van der Waals surface area contributed by atoms with Gasteiger partial charge in [0, 0.05) is 17.8 Å². The van der Waals surface area contributed by atoms with Crippen LogP contribution in [0.1, 0.15) is 32.0 Å². The molecule has 0 atom stereocenters. The fourth-order valence-corrected chi connectivity index (χ4v) is 2.95. The van der Waals surface area contributed by atoms with Gasteiger partial charge in [-0.2, -0.15) is 5.10 Å². The van der Waals surface area contributed by atoms with Crippen molar-refractivity contribution < 1.29 is 9.59 Å². The first kappa shape index (κ1) is 15.1. The summed E-state index contributed by atoms with van der Waals surface area (Å²) in [4.78, 5) is 24.3. The fraction of sp³-hybridized carbons (Fsp3) is 0.105. The van der Waals surface area contributed by atoms with Crippen LogP contribution in [0, 0.1) is 6.92 Å². The molecule has 0 spiro atoms. The van der Waals surface area contributed by atoms with E-state index in [1.54, 1.807) is 23.0 Å². The predicted molar refractivity (Wildman–Crippen MR) is 93.9 cm³/mol. The van der Waals surface area contributed by atoms with Gasteiger partial charge in [-0.05, 0) is 36.8 Å². The monoisotopic (exact) mass is 332 g/mol. The molecule has 0 saturated carbocycles. The summed E-state index contributed by atoms with van der Waals surface area (Å²) in [6.45, 7) is 2.39. The first-order valence-corrected chi connectivity index (χ1v) is 7.96. The van der Waals surface area contributed by atoms with Crippen molar-refractivity contribution in [2.75, 3.05) is 5.32 Å². The molecular weight excluding hydrogens is 316 g/mol. The molecule has 1 aliphatic heterocycles. The second kappa shape index (κ2) is 5.90. The highest BCUT2D eigenvalue weighted by Gasteiger charge is 2.20. The van der Waals surface area contributed by atoms with E-state index >= 15 is 0 Å². The molecule has 4 rings (SSSR count). The van der Waals surface area contributed by atoms with Crippen LogP contribution in [0.15, 0.2) is 54.7 Å². The van der Waals surface area contributed by atoms with Crippen LogP contribution in [0.2, 0.25) is 0 Å². The van der Waals surface area contributed by atoms with E-state index in [2.05, 4.69) is 15.7 Å². The highest BCUT2D eigenvalue weighted by atomic mass is 16.2. The average molecular weight is 332 g/mol. The molecule has 0 bridgehead atoms. The van der Waals surface area contributed by atoms with Crippen molar-refractivity contribution in [1.29, 1.82) is 0 Å². The number of hydrogen-bond acceptors (Lipinski definition) is 3. The minimum absolute atomic E-state index is 0.112. The van der Waals surface area contributed by atoms with Crippen molar-refractivity contribution in [3.8, 4) is 5.69 Å². The molecule has 0 aliphatic carbocycles. The molecule has 25 heavy (non-hydrogen) atoms. The van der Waals surface area contributed by atoms with Gasteiger partial charge in [-0.3, -0.25) is 9.59 Å². The summed E-state index contributed by atoms with van der Waals surface area (Å²) in [5, 5.41) is 9.91. The fourth-order valence-electron chi connectivity index (χ4n) is 2.95. The van der Waals surface area contributed by atoms with E-state index < -0.39 is 0 Å². The maximum Gasteiger partial charge on any atom is 0.259 e. The standard InChI is InChI=1S/C19H16N4O2/c1-12-17(11-21-23(12)15-5-3-2-4-6-15)19(25)22-14-8-7-13-10-20-18(24)16(13)9-14/h2-9,11H,10H2,1H3,(H,20,24)(H,22,25). The van der Waals surface area contributed by atoms with Crippen molar-refractivity contribution in [2.45, 2.75) is 13.5 Å². The second-order valence-corrected chi connectivity index (χ2v) is 5.90. The van der Waals surface area contributed by atoms with Crippen LogP contribution in [-0.4, -0.2) is 21.6 Å². The number of anilines is 1. The smallest absolute Gasteiger partial charge is 0.259 e. The van der Waals surface area contributed by atoms with Crippen LogP contribution < -0.4 is 10.6 Å². The quantitative estimate of drug-likeness (QED) is 0.774. The van der Waals surface area contributed by atoms with Crippen molar-refractivity contribution in [3.05, 3.63) is 77.1 Å². The Labute approximate surface area is 144 Å². The number of fused-ring (bicyclic) bond motifs is 1. The van der Waals surface area contributed by atoms with Crippen LogP contribution in [0.3, 0.4) is 0 Å². The van der Waals surface area contributed by atoms with Gasteiger partial charge in [-0.15, -0.1) is 0 Å². The van der Waals surface area contributed by atoms with Gasteiger partial charge in [0.25, 0.3) is 11.8 Å². The molecule has 0 saturated heterocycles. The van der Waals surface area contributed by atoms with Gasteiger partial charge in [0.15, 0.2) is 0 Å². The number of para-hydroxylation sites is 1. The summed E-state index contributed by atoms with van der Waals surface area (Å²) in [5.41, 5.74) is 4.28. The second-order valence-electron chi connectivity index (χ2n) is 5.90. The third kappa shape index (κ3) is 2.67. The summed E-state index contributed by atoms with van der Waals surface area (Å²) in [6.07, 6.45) is 1.55. The number of hydrogen-bond donors (Lipinski definition) is 2. The van der Waals surface area contributed by atoms with Gasteiger partial charge >= 0.3 is 0 Å². The van der Waals surface area contributed by atoms with Crippen LogP contribution >= 0.6 is 0 Å². The Morgan fingerprint density at radius 3 is 2.80 bits per heavy atom. The number of aromatic nitrogens is 2. The summed E-state index contributed by atoms with van der Waals surface area (Å²) in [6, 6.07) is 15.0. The number of carbonyl (C=O) groups is 2. The highest BCUT2D eigenvalue weighted by Crippen LogP contribution is 2.21. The molecule has 0 fully saturated rings. The lowest BCUT2D eigenvalue weighted by molar-refractivity contribution is 0.0964. The number of nitrogens with one attached hydrogen (secondary N) is 2. The predicted octanol–water partition coefficient (Wildman–Crippen LogP) is 2.68. The molecule has 0 radical (unpaired) electrons. The minimum atomic E-state index is -0.252. The zero-order valence-corrected chi connectivity index (χ0v) is 13.6. The van der Waals surface area contributed by atoms with E-state index in [4.69, 9.17) is 0 Å². The van der Waals surface area contributed by atoms with Crippen LogP contribution in [0.4, 0.5) is 5.69 Å². The molecule has 1 aromatic heterocycles. The lowest BCUT2D eigenvalue weighted by Gasteiger charge is -2.07. The maximum atomic E-state index is 12.6. The van der Waals surface area contributed by atoms with Crippen molar-refractivity contribution in [2.24, 2.45) is 0 Å². The molecule has 3 aromatic rings. The molecule has 6 nitrogen and oxygen atoms in total. The Morgan fingerprint density at radius 2 is 2.00 bits per heavy atom. The first-order valence-electron chi connectivity index (χ1n) is 7.96. The summed E-state index contributed by atoms with van der Waals surface area (Å²) in [5.74, 6) is -0.364. The topological polar surface area (TPSA) is 76.0 Å². The largest absolute Gasteiger partial charge is 0.348 e. The average Bonchev–Trinajstić information content (AvgIpc) is 3.19. The van der Waals surface area contributed by atoms with Gasteiger partial charge in [0.05, 0.1) is 23.1 Å². The van der Waals surface area contributed by atoms with Crippen molar-refractivity contribution >= 4 is 17.5 Å². The molecule has 2 aromatic carbocycles. The van der Waals surface area contributed by atoms with E-state index in [9.17, 15) is 9.59 Å². The number of carbonyl (C=O) groups excluding carboxylic acids is 2. The van der Waals surface area contributed by atoms with Gasteiger partial charge < -0.3 is 10.6 Å². The molecule has 124 valence electrons. The van der Waals surface area contributed by atoms with E-state index in [0.717, 1.165) is 16.9 Å². The number of benzene rings is 2. The van der Waals surface area contributed by atoms with Gasteiger partial charge in [0.1, 0.15) is 0 Å². The Morgan fingerprint density at radius 1 is 1.20 bits per heavy atom. The molecule has 1 aliphatic rings. The Bertz CT molecular complexity index is 976. The number of amides is 2. The van der Waals surface area contributed by atoms with E-state index in [1.807, 2.05) is 43.3 Å². The number of rotatable bonds is 3. The molecule has 2 heterocycles. The Hall–Kier alpha value is -3.41. The van der Waals surface area contributed by atoms with Gasteiger partial charge in [-0.25, -0.2) is 4.68 Å². The zero-order valence-electron chi connectivity index (χ0n) is 13.6. The zero-order chi connectivity index (χ0) is 17.4. The van der Waals surface area contributed by atoms with E-state index in [-0.39, 0.29) is 11.8 Å². The van der Waals surface area contributed by atoms with Crippen molar-refractivity contribution in [1.82, 2.24) is 15.1 Å². The SMILES string of the molecule is Cc1c(C(=O)Nc2ccc3c(c2)C(=O)NC3)cnn1-c1ccccc1. The van der Waals surface area contributed by atoms with Crippen LogP contribution in [0.5, 0.6) is 0 Å². The summed E-state index contributed by atoms with van der Waals surface area (Å²) >= 11 is 0. The summed E-state index contributed by atoms with van der Waals surface area (Å²) < 4.78 is 1.73. The number of nitrogens with zero attached hydrogens (tertiary/aromatic N) is 2. The molecule has 0 unspecified atom stereocenters. The first-order chi connectivity index (χ1) is 12.1. The normalized spacial score (nSPS) is 12.6. The maximum absolute atomic E-state index is 12.6. The molecule has 2 N–H and O–H groups in total. The van der Waals surface area contributed by atoms with E-state index in [1.165, 1.54) is 0 Å². The third-order valence-corrected chi connectivity index (χ3v) is 4.31. The summed E-state index contributed by atoms with van der Waals surface area (Å²) in [7, 11) is 0. The lowest BCUT2D eigenvalue weighted by Crippen LogP contribution is -2.14. The highest BCUT2D eigenvalue weighted by molar-refractivity contribution is 6.06. The van der Waals surface area contributed by atoms with Crippen LogP contribution in [0.25, 0.3) is 5.69 Å². The molecular formula is C19H16N4O2. The van der Waals surface area contributed by atoms with Crippen LogP contribution in [-0.2, 0) is 6.54 Å². The Balaban J connectivity index is 1.59. The Kier molecular flexibility index (Phi) is 3.57. The lowest BCUT2D eigenvalue weighted by atomic mass is 10.1. The molecule has 2 amide bonds.